The molecule has 0 aliphatic carbocycles. The minimum Gasteiger partial charge on any atom is -0.497 e. The standard InChI is InChI=1S/C38H56N2O8S/c1-37(2,3)47-35(41)39-21-17-27(18-22-39)25-33(29-9-13-31(45-7)14-10-29)49(43,44)34(30-11-15-32(46-8)16-12-30)26-28-19-23-40(24-20-28)36(42)48-38(4,5)6/h9-16,27-28,33-34H,17-26H2,1-8H3. The van der Waals surface area contributed by atoms with Crippen molar-refractivity contribution in [1.29, 1.82) is 0 Å². The largest absolute Gasteiger partial charge is 0.497 e. The quantitative estimate of drug-likeness (QED) is 0.245. The molecule has 49 heavy (non-hydrogen) atoms. The van der Waals surface area contributed by atoms with Gasteiger partial charge in [-0.15, -0.1) is 0 Å². The maximum atomic E-state index is 15.1. The van der Waals surface area contributed by atoms with Crippen LogP contribution < -0.4 is 9.47 Å². The van der Waals surface area contributed by atoms with Crippen molar-refractivity contribution in [1.82, 2.24) is 9.80 Å². The third-order valence-electron chi connectivity index (χ3n) is 9.40. The van der Waals surface area contributed by atoms with E-state index >= 15 is 8.42 Å². The third-order valence-corrected chi connectivity index (χ3v) is 11.9. The molecule has 0 bridgehead atoms. The molecule has 2 saturated heterocycles. The van der Waals surface area contributed by atoms with Crippen LogP contribution in [-0.4, -0.2) is 82.0 Å². The Balaban J connectivity index is 1.60. The highest BCUT2D eigenvalue weighted by Crippen LogP contribution is 2.44. The maximum Gasteiger partial charge on any atom is 0.410 e. The number of benzene rings is 2. The number of methoxy groups -OCH3 is 2. The first-order valence-electron chi connectivity index (χ1n) is 17.5. The van der Waals surface area contributed by atoms with Gasteiger partial charge in [0.1, 0.15) is 22.7 Å². The smallest absolute Gasteiger partial charge is 0.410 e. The Hall–Kier alpha value is -3.47. The van der Waals surface area contributed by atoms with Crippen LogP contribution in [0.1, 0.15) is 102 Å². The molecule has 2 aromatic carbocycles. The Morgan fingerprint density at radius 1 is 0.633 bits per heavy atom. The second-order valence-electron chi connectivity index (χ2n) is 15.4. The van der Waals surface area contributed by atoms with Gasteiger partial charge in [-0.2, -0.15) is 0 Å². The Morgan fingerprint density at radius 3 is 1.20 bits per heavy atom. The fourth-order valence-electron chi connectivity index (χ4n) is 6.72. The van der Waals surface area contributed by atoms with E-state index in [1.54, 1.807) is 24.0 Å². The third kappa shape index (κ3) is 10.8. The van der Waals surface area contributed by atoms with E-state index in [0.29, 0.717) is 76.2 Å². The first-order chi connectivity index (χ1) is 23.0. The zero-order chi connectivity index (χ0) is 36.0. The molecular weight excluding hydrogens is 644 g/mol. The topological polar surface area (TPSA) is 112 Å². The first kappa shape index (κ1) is 38.3. The molecule has 2 aliphatic heterocycles. The van der Waals surface area contributed by atoms with E-state index in [2.05, 4.69) is 0 Å². The first-order valence-corrected chi connectivity index (χ1v) is 19.1. The van der Waals surface area contributed by atoms with Crippen LogP contribution in [-0.2, 0) is 19.3 Å². The minimum absolute atomic E-state index is 0.106. The number of sulfone groups is 1. The van der Waals surface area contributed by atoms with E-state index in [1.807, 2.05) is 90.1 Å². The number of nitrogens with zero attached hydrogens (tertiary/aromatic N) is 2. The maximum absolute atomic E-state index is 15.1. The molecule has 2 aromatic rings. The zero-order valence-corrected chi connectivity index (χ0v) is 31.4. The van der Waals surface area contributed by atoms with Crippen molar-refractivity contribution in [3.63, 3.8) is 0 Å². The Morgan fingerprint density at radius 2 is 0.939 bits per heavy atom. The van der Waals surface area contributed by atoms with Crippen LogP contribution in [0.5, 0.6) is 11.5 Å². The van der Waals surface area contributed by atoms with Gasteiger partial charge >= 0.3 is 12.2 Å². The SMILES string of the molecule is COc1ccc(C(CC2CCN(C(=O)OC(C)(C)C)CC2)S(=O)(=O)C(CC2CCN(C(=O)OC(C)(C)C)CC2)c2ccc(OC)cc2)cc1. The van der Waals surface area contributed by atoms with E-state index in [-0.39, 0.29) is 24.0 Å². The number of rotatable bonds is 10. The molecular formula is C38H56N2O8S. The lowest BCUT2D eigenvalue weighted by atomic mass is 9.90. The molecule has 2 atom stereocenters. The van der Waals surface area contributed by atoms with Crippen LogP contribution in [0.2, 0.25) is 0 Å². The summed E-state index contributed by atoms with van der Waals surface area (Å²) in [5, 5.41) is -1.52. The lowest BCUT2D eigenvalue weighted by Crippen LogP contribution is -2.42. The van der Waals surface area contributed by atoms with Crippen molar-refractivity contribution in [2.45, 2.75) is 102 Å². The van der Waals surface area contributed by atoms with Crippen molar-refractivity contribution in [2.24, 2.45) is 11.8 Å². The predicted molar refractivity (Wildman–Crippen MR) is 191 cm³/mol. The van der Waals surface area contributed by atoms with Gasteiger partial charge in [-0.05, 0) is 127 Å². The summed E-state index contributed by atoms with van der Waals surface area (Å²) in [6.45, 7) is 13.2. The summed E-state index contributed by atoms with van der Waals surface area (Å²) in [6.07, 6.45) is 3.00. The van der Waals surface area contributed by atoms with Crippen LogP contribution in [0.15, 0.2) is 48.5 Å². The molecule has 2 aliphatic rings. The summed E-state index contributed by atoms with van der Waals surface area (Å²) in [5.74, 6) is 1.53. The fraction of sp³-hybridized carbons (Fsp3) is 0.632. The number of hydrogen-bond donors (Lipinski definition) is 0. The van der Waals surface area contributed by atoms with E-state index in [0.717, 1.165) is 11.1 Å². The van der Waals surface area contributed by atoms with E-state index in [1.165, 1.54) is 0 Å². The van der Waals surface area contributed by atoms with Gasteiger partial charge < -0.3 is 28.7 Å². The molecule has 0 aromatic heterocycles. The van der Waals surface area contributed by atoms with Gasteiger partial charge in [-0.25, -0.2) is 18.0 Å². The van der Waals surface area contributed by atoms with Crippen LogP contribution in [0.4, 0.5) is 9.59 Å². The molecule has 11 heteroatoms. The normalized spacial score (nSPS) is 18.0. The monoisotopic (exact) mass is 700 g/mol. The number of amides is 2. The summed E-state index contributed by atoms with van der Waals surface area (Å²) in [5.41, 5.74) is 0.302. The number of likely N-dealkylation sites (tertiary alicyclic amines) is 2. The number of carbonyl (C=O) groups excluding carboxylic acids is 2. The lowest BCUT2D eigenvalue weighted by molar-refractivity contribution is 0.0171. The average Bonchev–Trinajstić information content (AvgIpc) is 3.05. The summed E-state index contributed by atoms with van der Waals surface area (Å²) in [4.78, 5) is 28.9. The molecule has 0 N–H and O–H groups in total. The molecule has 2 unspecified atom stereocenters. The van der Waals surface area contributed by atoms with Gasteiger partial charge in [0, 0.05) is 26.2 Å². The van der Waals surface area contributed by atoms with E-state index in [9.17, 15) is 9.59 Å². The second kappa shape index (κ2) is 16.0. The summed E-state index contributed by atoms with van der Waals surface area (Å²) >= 11 is 0. The molecule has 2 amide bonds. The van der Waals surface area contributed by atoms with E-state index in [4.69, 9.17) is 18.9 Å². The van der Waals surface area contributed by atoms with Gasteiger partial charge in [-0.3, -0.25) is 0 Å². The number of piperidine rings is 2. The molecule has 0 radical (unpaired) electrons. The van der Waals surface area contributed by atoms with Crippen molar-refractivity contribution in [2.75, 3.05) is 40.4 Å². The second-order valence-corrected chi connectivity index (χ2v) is 17.7. The van der Waals surface area contributed by atoms with Gasteiger partial charge in [0.15, 0.2) is 9.84 Å². The molecule has 2 heterocycles. The van der Waals surface area contributed by atoms with Gasteiger partial charge in [0.05, 0.1) is 24.7 Å². The average molecular weight is 701 g/mol. The summed E-state index contributed by atoms with van der Waals surface area (Å²) in [6, 6.07) is 14.7. The molecule has 10 nitrogen and oxygen atoms in total. The highest BCUT2D eigenvalue weighted by atomic mass is 32.2. The number of ether oxygens (including phenoxy) is 4. The predicted octanol–water partition coefficient (Wildman–Crippen LogP) is 7.98. The molecule has 4 rings (SSSR count). The van der Waals surface area contributed by atoms with Crippen molar-refractivity contribution >= 4 is 22.0 Å². The fourth-order valence-corrected chi connectivity index (χ4v) is 9.27. The number of carbonyl (C=O) groups is 2. The summed E-state index contributed by atoms with van der Waals surface area (Å²) in [7, 11) is -0.621. The van der Waals surface area contributed by atoms with Crippen LogP contribution in [0.3, 0.4) is 0 Å². The van der Waals surface area contributed by atoms with Crippen molar-refractivity contribution < 1.29 is 37.0 Å². The van der Waals surface area contributed by atoms with Crippen LogP contribution >= 0.6 is 0 Å². The van der Waals surface area contributed by atoms with Crippen molar-refractivity contribution in [3.05, 3.63) is 59.7 Å². The van der Waals surface area contributed by atoms with Gasteiger partial charge in [-0.1, -0.05) is 24.3 Å². The zero-order valence-electron chi connectivity index (χ0n) is 30.6. The summed E-state index contributed by atoms with van der Waals surface area (Å²) < 4.78 is 52.2. The highest BCUT2D eigenvalue weighted by Gasteiger charge is 2.40. The Labute approximate surface area is 293 Å². The number of hydrogen-bond acceptors (Lipinski definition) is 8. The van der Waals surface area contributed by atoms with Crippen LogP contribution in [0.25, 0.3) is 0 Å². The minimum atomic E-state index is -3.81. The highest BCUT2D eigenvalue weighted by molar-refractivity contribution is 7.91. The Bertz CT molecular complexity index is 1370. The Kier molecular flexibility index (Phi) is 12.5. The molecule has 0 spiro atoms. The van der Waals surface area contributed by atoms with Gasteiger partial charge in [0.25, 0.3) is 0 Å². The van der Waals surface area contributed by atoms with E-state index < -0.39 is 31.5 Å². The molecule has 272 valence electrons. The molecule has 0 saturated carbocycles. The van der Waals surface area contributed by atoms with Crippen molar-refractivity contribution in [3.8, 4) is 11.5 Å². The lowest BCUT2D eigenvalue weighted by Gasteiger charge is -2.37. The van der Waals surface area contributed by atoms with Gasteiger partial charge in [0.2, 0.25) is 0 Å². The molecule has 2 fully saturated rings. The van der Waals surface area contributed by atoms with Crippen LogP contribution in [0, 0.1) is 11.8 Å².